The molecule has 1 aliphatic rings. The van der Waals surface area contributed by atoms with Crippen LogP contribution < -0.4 is 5.32 Å². The molecule has 1 saturated heterocycles. The number of benzene rings is 1. The minimum absolute atomic E-state index is 0.0377. The Kier molecular flexibility index (Phi) is 6.97. The number of rotatable bonds is 7. The van der Waals surface area contributed by atoms with Crippen LogP contribution in [-0.2, 0) is 14.3 Å². The van der Waals surface area contributed by atoms with Gasteiger partial charge in [0.15, 0.2) is 0 Å². The van der Waals surface area contributed by atoms with Crippen molar-refractivity contribution in [2.45, 2.75) is 18.9 Å². The number of aliphatic carboxylic acids is 2. The first kappa shape index (κ1) is 16.7. The van der Waals surface area contributed by atoms with Gasteiger partial charge in [-0.05, 0) is 25.0 Å². The van der Waals surface area contributed by atoms with Crippen LogP contribution in [0.5, 0.6) is 0 Å². The average Bonchev–Trinajstić information content (AvgIpc) is 3.28. The van der Waals surface area contributed by atoms with E-state index in [-0.39, 0.29) is 12.1 Å². The molecule has 0 aromatic heterocycles. The molecule has 1 aliphatic heterocycles. The summed E-state index contributed by atoms with van der Waals surface area (Å²) in [5, 5.41) is 19.4. The number of hydrogen-bond acceptors (Lipinski definition) is 4. The van der Waals surface area contributed by atoms with Gasteiger partial charge in [-0.25, -0.2) is 4.79 Å². The lowest BCUT2D eigenvalue weighted by atomic mass is 10.1. The van der Waals surface area contributed by atoms with Gasteiger partial charge in [0.05, 0.1) is 12.7 Å². The van der Waals surface area contributed by atoms with Crippen molar-refractivity contribution in [2.75, 3.05) is 18.5 Å². The molecule has 6 nitrogen and oxygen atoms in total. The van der Waals surface area contributed by atoms with Crippen molar-refractivity contribution in [3.8, 4) is 0 Å². The summed E-state index contributed by atoms with van der Waals surface area (Å²) in [6.07, 6.45) is 1.64. The highest BCUT2D eigenvalue weighted by Crippen LogP contribution is 2.17. The van der Waals surface area contributed by atoms with Gasteiger partial charge in [0.2, 0.25) is 0 Å². The van der Waals surface area contributed by atoms with E-state index < -0.39 is 11.9 Å². The summed E-state index contributed by atoms with van der Waals surface area (Å²) >= 11 is 0. The molecule has 6 heteroatoms. The number of ether oxygens (including phenoxy) is 1. The summed E-state index contributed by atoms with van der Waals surface area (Å²) in [7, 11) is 0. The summed E-state index contributed by atoms with van der Waals surface area (Å²) in [6.45, 7) is 4.15. The van der Waals surface area contributed by atoms with Gasteiger partial charge >= 0.3 is 11.9 Å². The predicted octanol–water partition coefficient (Wildman–Crippen LogP) is 1.99. The van der Waals surface area contributed by atoms with Crippen LogP contribution >= 0.6 is 0 Å². The van der Waals surface area contributed by atoms with Gasteiger partial charge in [-0.3, -0.25) is 4.79 Å². The Balaban J connectivity index is 0.000000211. The van der Waals surface area contributed by atoms with Gasteiger partial charge in [-0.1, -0.05) is 24.8 Å². The highest BCUT2D eigenvalue weighted by Gasteiger charge is 2.22. The zero-order chi connectivity index (χ0) is 15.7. The molecular weight excluding hydrogens is 274 g/mol. The lowest BCUT2D eigenvalue weighted by Gasteiger charge is -2.00. The van der Waals surface area contributed by atoms with E-state index >= 15 is 0 Å². The van der Waals surface area contributed by atoms with E-state index in [1.807, 2.05) is 30.3 Å². The molecule has 114 valence electrons. The van der Waals surface area contributed by atoms with Crippen molar-refractivity contribution in [3.63, 3.8) is 0 Å². The smallest absolute Gasteiger partial charge is 0.330 e. The van der Waals surface area contributed by atoms with Crippen LogP contribution in [0.2, 0.25) is 0 Å². The molecule has 0 bridgehead atoms. The van der Waals surface area contributed by atoms with Gasteiger partial charge < -0.3 is 20.3 Å². The number of para-hydroxylation sites is 1. The first-order valence-corrected chi connectivity index (χ1v) is 6.52. The van der Waals surface area contributed by atoms with Crippen LogP contribution in [0.4, 0.5) is 5.69 Å². The second-order valence-corrected chi connectivity index (χ2v) is 4.52. The van der Waals surface area contributed by atoms with Gasteiger partial charge in [0.25, 0.3) is 0 Å². The molecule has 1 atom stereocenters. The number of nitrogens with one attached hydrogen (secondary N) is 1. The van der Waals surface area contributed by atoms with Crippen molar-refractivity contribution in [1.29, 1.82) is 0 Å². The second-order valence-electron chi connectivity index (χ2n) is 4.52. The van der Waals surface area contributed by atoms with Crippen LogP contribution in [0.15, 0.2) is 42.5 Å². The number of carboxylic acids is 2. The molecule has 0 spiro atoms. The minimum atomic E-state index is -0.902. The largest absolute Gasteiger partial charge is 0.480 e. The lowest BCUT2D eigenvalue weighted by Crippen LogP contribution is -2.11. The maximum Gasteiger partial charge on any atom is 0.330 e. The van der Waals surface area contributed by atoms with Gasteiger partial charge in [-0.15, -0.1) is 0 Å². The molecule has 0 aliphatic carbocycles. The van der Waals surface area contributed by atoms with E-state index in [4.69, 9.17) is 14.9 Å². The zero-order valence-corrected chi connectivity index (χ0v) is 11.6. The SMILES string of the molecule is C=C(CCC1CO1)C(=O)O.O=C(O)CNc1ccccc1. The Morgan fingerprint density at radius 3 is 2.38 bits per heavy atom. The van der Waals surface area contributed by atoms with Crippen molar-refractivity contribution < 1.29 is 24.5 Å². The molecule has 2 rings (SSSR count). The number of hydrogen-bond donors (Lipinski definition) is 3. The molecule has 1 unspecified atom stereocenters. The van der Waals surface area contributed by atoms with Gasteiger partial charge in [0, 0.05) is 11.3 Å². The molecule has 1 fully saturated rings. The third-order valence-electron chi connectivity index (χ3n) is 2.69. The Hall–Kier alpha value is -2.34. The van der Waals surface area contributed by atoms with Crippen molar-refractivity contribution in [3.05, 3.63) is 42.5 Å². The van der Waals surface area contributed by atoms with Gasteiger partial charge in [0.1, 0.15) is 6.54 Å². The molecule has 1 aromatic rings. The van der Waals surface area contributed by atoms with E-state index in [0.29, 0.717) is 12.5 Å². The fourth-order valence-electron chi connectivity index (χ4n) is 1.41. The van der Waals surface area contributed by atoms with Crippen molar-refractivity contribution in [2.24, 2.45) is 0 Å². The van der Waals surface area contributed by atoms with Gasteiger partial charge in [-0.2, -0.15) is 0 Å². The fraction of sp³-hybridized carbons (Fsp3) is 0.333. The molecule has 21 heavy (non-hydrogen) atoms. The summed E-state index contributed by atoms with van der Waals surface area (Å²) in [5.74, 6) is -1.76. The number of carboxylic acid groups (broad SMARTS) is 2. The summed E-state index contributed by atoms with van der Waals surface area (Å²) in [4.78, 5) is 20.3. The Morgan fingerprint density at radius 1 is 1.29 bits per heavy atom. The lowest BCUT2D eigenvalue weighted by molar-refractivity contribution is -0.135. The molecule has 0 amide bonds. The summed E-state index contributed by atoms with van der Waals surface area (Å²) in [6, 6.07) is 9.23. The third kappa shape index (κ3) is 8.43. The van der Waals surface area contributed by atoms with E-state index in [1.54, 1.807) is 0 Å². The second kappa shape index (κ2) is 8.76. The van der Waals surface area contributed by atoms with Crippen LogP contribution in [0.1, 0.15) is 12.8 Å². The molecular formula is C15H19NO5. The Bertz CT molecular complexity index is 482. The maximum atomic E-state index is 10.2. The van der Waals surface area contributed by atoms with Crippen LogP contribution in [0.25, 0.3) is 0 Å². The van der Waals surface area contributed by atoms with E-state index in [9.17, 15) is 9.59 Å². The van der Waals surface area contributed by atoms with E-state index in [0.717, 1.165) is 18.7 Å². The quantitative estimate of drug-likeness (QED) is 0.525. The van der Waals surface area contributed by atoms with E-state index in [2.05, 4.69) is 11.9 Å². The van der Waals surface area contributed by atoms with Crippen LogP contribution in [0, 0.1) is 0 Å². The summed E-state index contributed by atoms with van der Waals surface area (Å²) < 4.78 is 4.90. The standard InChI is InChI=1S/C8H9NO2.C7H10O3/c10-8(11)6-9-7-4-2-1-3-5-7;1-5(7(8)9)2-3-6-4-10-6/h1-5,9H,6H2,(H,10,11);6H,1-4H2,(H,8,9). The third-order valence-corrected chi connectivity index (χ3v) is 2.69. The topological polar surface area (TPSA) is 99.2 Å². The first-order chi connectivity index (χ1) is 9.99. The van der Waals surface area contributed by atoms with Crippen molar-refractivity contribution >= 4 is 17.6 Å². The highest BCUT2D eigenvalue weighted by molar-refractivity contribution is 5.85. The molecule has 1 aromatic carbocycles. The number of carbonyl (C=O) groups is 2. The normalized spacial score (nSPS) is 15.3. The van der Waals surface area contributed by atoms with E-state index in [1.165, 1.54) is 0 Å². The van der Waals surface area contributed by atoms with Crippen molar-refractivity contribution in [1.82, 2.24) is 0 Å². The van der Waals surface area contributed by atoms with Crippen LogP contribution in [0.3, 0.4) is 0 Å². The summed E-state index contributed by atoms with van der Waals surface area (Å²) in [5.41, 5.74) is 1.10. The number of anilines is 1. The predicted molar refractivity (Wildman–Crippen MR) is 78.3 cm³/mol. The monoisotopic (exact) mass is 293 g/mol. The minimum Gasteiger partial charge on any atom is -0.480 e. The average molecular weight is 293 g/mol. The fourth-order valence-corrected chi connectivity index (χ4v) is 1.41. The molecule has 3 N–H and O–H groups in total. The number of epoxide rings is 1. The maximum absolute atomic E-state index is 10.2. The molecule has 1 heterocycles. The Labute approximate surface area is 123 Å². The van der Waals surface area contributed by atoms with Crippen LogP contribution in [-0.4, -0.2) is 41.4 Å². The Morgan fingerprint density at radius 2 is 1.90 bits per heavy atom. The molecule has 0 saturated carbocycles. The highest BCUT2D eigenvalue weighted by atomic mass is 16.6. The first-order valence-electron chi connectivity index (χ1n) is 6.52. The zero-order valence-electron chi connectivity index (χ0n) is 11.6. The molecule has 0 radical (unpaired) electrons.